The van der Waals surface area contributed by atoms with Gasteiger partial charge in [0.05, 0.1) is 0 Å². The number of aryl methyl sites for hydroxylation is 2. The standard InChI is InChI=1S/C20H21N/c1-4-8-17-14-20-18(13-15(17)5-2)12-11-16-9-6-7-10-19(16)21(20)3/h4-10,13-14H,2,11-12H2,1,3H3/b8-4-. The van der Waals surface area contributed by atoms with Crippen LogP contribution in [0.3, 0.4) is 0 Å². The van der Waals surface area contributed by atoms with Crippen molar-refractivity contribution in [3.8, 4) is 0 Å². The van der Waals surface area contributed by atoms with Crippen molar-refractivity contribution < 1.29 is 0 Å². The van der Waals surface area contributed by atoms with E-state index in [2.05, 4.69) is 74.0 Å². The van der Waals surface area contributed by atoms with Gasteiger partial charge in [0, 0.05) is 18.4 Å². The maximum Gasteiger partial charge on any atom is 0.0447 e. The number of rotatable bonds is 2. The average molecular weight is 275 g/mol. The number of allylic oxidation sites excluding steroid dienone is 1. The molecule has 2 aromatic carbocycles. The maximum atomic E-state index is 3.96. The summed E-state index contributed by atoms with van der Waals surface area (Å²) < 4.78 is 0. The second-order valence-corrected chi connectivity index (χ2v) is 5.50. The number of hydrogen-bond acceptors (Lipinski definition) is 1. The average Bonchev–Trinajstić information content (AvgIpc) is 2.65. The zero-order chi connectivity index (χ0) is 14.8. The number of para-hydroxylation sites is 1. The summed E-state index contributed by atoms with van der Waals surface area (Å²) in [5.74, 6) is 0. The minimum atomic E-state index is 1.08. The lowest BCUT2D eigenvalue weighted by Gasteiger charge is -2.23. The number of fused-ring (bicyclic) bond motifs is 2. The Morgan fingerprint density at radius 3 is 2.52 bits per heavy atom. The van der Waals surface area contributed by atoms with E-state index in [0.717, 1.165) is 12.8 Å². The first kappa shape index (κ1) is 13.7. The van der Waals surface area contributed by atoms with Crippen LogP contribution in [0.15, 0.2) is 49.1 Å². The highest BCUT2D eigenvalue weighted by atomic mass is 15.1. The van der Waals surface area contributed by atoms with Gasteiger partial charge in [0.1, 0.15) is 0 Å². The smallest absolute Gasteiger partial charge is 0.0447 e. The van der Waals surface area contributed by atoms with Gasteiger partial charge in [-0.15, -0.1) is 0 Å². The summed E-state index contributed by atoms with van der Waals surface area (Å²) in [5, 5.41) is 0. The Labute approximate surface area is 127 Å². The molecule has 0 atom stereocenters. The minimum Gasteiger partial charge on any atom is -0.344 e. The number of nitrogens with zero attached hydrogens (tertiary/aromatic N) is 1. The molecule has 1 heterocycles. The molecule has 0 aromatic heterocycles. The highest BCUT2D eigenvalue weighted by molar-refractivity contribution is 5.77. The van der Waals surface area contributed by atoms with Crippen molar-refractivity contribution in [2.45, 2.75) is 19.8 Å². The van der Waals surface area contributed by atoms with Crippen molar-refractivity contribution in [3.05, 3.63) is 71.3 Å². The van der Waals surface area contributed by atoms with E-state index in [1.807, 2.05) is 6.08 Å². The zero-order valence-electron chi connectivity index (χ0n) is 12.8. The van der Waals surface area contributed by atoms with Crippen molar-refractivity contribution in [1.82, 2.24) is 0 Å². The highest BCUT2D eigenvalue weighted by Gasteiger charge is 2.18. The van der Waals surface area contributed by atoms with Crippen LogP contribution in [0.5, 0.6) is 0 Å². The van der Waals surface area contributed by atoms with Gasteiger partial charge in [-0.3, -0.25) is 0 Å². The fourth-order valence-electron chi connectivity index (χ4n) is 3.13. The van der Waals surface area contributed by atoms with E-state index < -0.39 is 0 Å². The molecule has 1 nitrogen and oxygen atoms in total. The molecule has 0 saturated heterocycles. The van der Waals surface area contributed by atoms with Crippen molar-refractivity contribution in [3.63, 3.8) is 0 Å². The van der Waals surface area contributed by atoms with E-state index in [4.69, 9.17) is 0 Å². The fourth-order valence-corrected chi connectivity index (χ4v) is 3.13. The van der Waals surface area contributed by atoms with Crippen molar-refractivity contribution >= 4 is 23.5 Å². The zero-order valence-corrected chi connectivity index (χ0v) is 12.8. The van der Waals surface area contributed by atoms with Gasteiger partial charge in [0.15, 0.2) is 0 Å². The minimum absolute atomic E-state index is 1.08. The molecular formula is C20H21N. The summed E-state index contributed by atoms with van der Waals surface area (Å²) in [4.78, 5) is 2.32. The van der Waals surface area contributed by atoms with Gasteiger partial charge in [-0.2, -0.15) is 0 Å². The molecule has 1 aliphatic heterocycles. The van der Waals surface area contributed by atoms with Crippen LogP contribution in [0.4, 0.5) is 11.4 Å². The molecule has 1 aliphatic rings. The fraction of sp³-hybridized carbons (Fsp3) is 0.200. The Morgan fingerprint density at radius 2 is 1.76 bits per heavy atom. The van der Waals surface area contributed by atoms with E-state index >= 15 is 0 Å². The molecule has 0 unspecified atom stereocenters. The van der Waals surface area contributed by atoms with E-state index in [1.165, 1.54) is 33.6 Å². The van der Waals surface area contributed by atoms with Gasteiger partial charge >= 0.3 is 0 Å². The molecule has 0 fully saturated rings. The van der Waals surface area contributed by atoms with Gasteiger partial charge < -0.3 is 4.90 Å². The number of hydrogen-bond donors (Lipinski definition) is 0. The predicted octanol–water partition coefficient (Wildman–Crippen LogP) is 5.23. The molecule has 0 bridgehead atoms. The van der Waals surface area contributed by atoms with Crippen LogP contribution >= 0.6 is 0 Å². The van der Waals surface area contributed by atoms with Crippen molar-refractivity contribution in [1.29, 1.82) is 0 Å². The molecule has 3 rings (SSSR count). The van der Waals surface area contributed by atoms with E-state index in [9.17, 15) is 0 Å². The van der Waals surface area contributed by atoms with Crippen LogP contribution in [-0.4, -0.2) is 7.05 Å². The van der Waals surface area contributed by atoms with Crippen LogP contribution in [0.1, 0.15) is 29.2 Å². The largest absolute Gasteiger partial charge is 0.344 e. The monoisotopic (exact) mass is 275 g/mol. The number of benzene rings is 2. The predicted molar refractivity (Wildman–Crippen MR) is 93.2 cm³/mol. The number of anilines is 2. The SMILES string of the molecule is C=Cc1cc2c(cc1/C=C\C)N(C)c1ccccc1CC2. The van der Waals surface area contributed by atoms with Crippen LogP contribution in [0.2, 0.25) is 0 Å². The Balaban J connectivity index is 2.18. The topological polar surface area (TPSA) is 3.24 Å². The summed E-state index contributed by atoms with van der Waals surface area (Å²) >= 11 is 0. The molecule has 106 valence electrons. The third kappa shape index (κ3) is 2.40. The molecule has 0 aliphatic carbocycles. The van der Waals surface area contributed by atoms with Crippen LogP contribution in [-0.2, 0) is 12.8 Å². The highest BCUT2D eigenvalue weighted by Crippen LogP contribution is 2.36. The van der Waals surface area contributed by atoms with Gasteiger partial charge in [0.2, 0.25) is 0 Å². The summed E-state index contributed by atoms with van der Waals surface area (Å²) in [5.41, 5.74) is 7.89. The Bertz CT molecular complexity index is 710. The second-order valence-electron chi connectivity index (χ2n) is 5.50. The lowest BCUT2D eigenvalue weighted by Crippen LogP contribution is -2.11. The molecule has 1 heteroatoms. The quantitative estimate of drug-likeness (QED) is 0.725. The maximum absolute atomic E-state index is 3.96. The van der Waals surface area contributed by atoms with Crippen LogP contribution in [0.25, 0.3) is 12.2 Å². The van der Waals surface area contributed by atoms with E-state index in [0.29, 0.717) is 0 Å². The Kier molecular flexibility index (Phi) is 3.66. The van der Waals surface area contributed by atoms with E-state index in [-0.39, 0.29) is 0 Å². The van der Waals surface area contributed by atoms with Crippen LogP contribution < -0.4 is 4.90 Å². The molecule has 2 aromatic rings. The summed E-state index contributed by atoms with van der Waals surface area (Å²) in [6, 6.07) is 13.3. The molecule has 0 saturated carbocycles. The first-order valence-electron chi connectivity index (χ1n) is 7.48. The van der Waals surface area contributed by atoms with Gasteiger partial charge in [-0.05, 0) is 60.2 Å². The normalized spacial score (nSPS) is 13.7. The Hall–Kier alpha value is -2.28. The second kappa shape index (κ2) is 5.61. The molecule has 0 radical (unpaired) electrons. The third-order valence-electron chi connectivity index (χ3n) is 4.23. The third-order valence-corrected chi connectivity index (χ3v) is 4.23. The van der Waals surface area contributed by atoms with Gasteiger partial charge in [-0.25, -0.2) is 0 Å². The Morgan fingerprint density at radius 1 is 1.00 bits per heavy atom. The molecule has 0 spiro atoms. The summed E-state index contributed by atoms with van der Waals surface area (Å²) in [6.45, 7) is 6.01. The summed E-state index contributed by atoms with van der Waals surface area (Å²) in [6.07, 6.45) is 8.36. The van der Waals surface area contributed by atoms with Gasteiger partial charge in [-0.1, -0.05) is 43.0 Å². The van der Waals surface area contributed by atoms with Crippen molar-refractivity contribution in [2.75, 3.05) is 11.9 Å². The molecule has 21 heavy (non-hydrogen) atoms. The molecular weight excluding hydrogens is 254 g/mol. The lowest BCUT2D eigenvalue weighted by molar-refractivity contribution is 0.977. The van der Waals surface area contributed by atoms with Crippen molar-refractivity contribution in [2.24, 2.45) is 0 Å². The molecule has 0 amide bonds. The summed E-state index contributed by atoms with van der Waals surface area (Å²) in [7, 11) is 2.16. The molecule has 0 N–H and O–H groups in total. The van der Waals surface area contributed by atoms with E-state index in [1.54, 1.807) is 0 Å². The van der Waals surface area contributed by atoms with Gasteiger partial charge in [0.25, 0.3) is 0 Å². The first-order valence-corrected chi connectivity index (χ1v) is 7.48. The first-order chi connectivity index (χ1) is 10.2. The van der Waals surface area contributed by atoms with Crippen LogP contribution in [0, 0.1) is 0 Å². The lowest BCUT2D eigenvalue weighted by atomic mass is 9.98.